The summed E-state index contributed by atoms with van der Waals surface area (Å²) in [6, 6.07) is 0. The molecule has 2 aliphatic carbocycles. The smallest absolute Gasteiger partial charge is 0.190 e. The first kappa shape index (κ1) is 13.8. The topological polar surface area (TPSA) is 26.3 Å². The van der Waals surface area contributed by atoms with Gasteiger partial charge in [-0.3, -0.25) is 4.79 Å². The second-order valence-electron chi connectivity index (χ2n) is 5.65. The van der Waals surface area contributed by atoms with Gasteiger partial charge in [-0.1, -0.05) is 31.8 Å². The van der Waals surface area contributed by atoms with Crippen LogP contribution in [0.1, 0.15) is 71.1 Å². The van der Waals surface area contributed by atoms with Crippen molar-refractivity contribution in [2.24, 2.45) is 0 Å². The normalized spacial score (nSPS) is 24.2. The Morgan fingerprint density at radius 1 is 1.17 bits per heavy atom. The van der Waals surface area contributed by atoms with Crippen LogP contribution >= 0.6 is 0 Å². The minimum absolute atomic E-state index is 0.311. The monoisotopic (exact) mass is 250 g/mol. The Morgan fingerprint density at radius 2 is 1.89 bits per heavy atom. The number of carbonyl (C=O) groups excluding carboxylic acids is 1. The second kappa shape index (κ2) is 6.51. The van der Waals surface area contributed by atoms with Crippen LogP contribution < -0.4 is 0 Å². The third-order valence-corrected chi connectivity index (χ3v) is 4.33. The molecule has 0 atom stereocenters. The quantitative estimate of drug-likeness (QED) is 0.748. The van der Waals surface area contributed by atoms with Gasteiger partial charge in [0.25, 0.3) is 0 Å². The van der Waals surface area contributed by atoms with Crippen LogP contribution in [0.5, 0.6) is 0 Å². The van der Waals surface area contributed by atoms with Crippen LogP contribution in [0.3, 0.4) is 0 Å². The molecule has 0 amide bonds. The standard InChI is InChI=1S/C16H26O2/c1-2-18-16(12-8-5-9-13-16)15(17)14-10-6-3-4-7-11-14/h10H,2-9,11-13H2,1H3. The van der Waals surface area contributed by atoms with Crippen LogP contribution in [0.2, 0.25) is 0 Å². The van der Waals surface area contributed by atoms with Gasteiger partial charge in [-0.05, 0) is 51.0 Å². The van der Waals surface area contributed by atoms with Gasteiger partial charge in [-0.25, -0.2) is 0 Å². The predicted octanol–water partition coefficient (Wildman–Crippen LogP) is 4.19. The van der Waals surface area contributed by atoms with E-state index in [-0.39, 0.29) is 0 Å². The molecule has 102 valence electrons. The highest BCUT2D eigenvalue weighted by Gasteiger charge is 2.41. The largest absolute Gasteiger partial charge is 0.367 e. The van der Waals surface area contributed by atoms with E-state index in [1.54, 1.807) is 0 Å². The number of rotatable bonds is 4. The van der Waals surface area contributed by atoms with Crippen molar-refractivity contribution in [2.45, 2.75) is 76.7 Å². The molecule has 0 aliphatic heterocycles. The fraction of sp³-hybridized carbons (Fsp3) is 0.812. The molecule has 0 spiro atoms. The number of allylic oxidation sites excluding steroid dienone is 1. The molecule has 0 radical (unpaired) electrons. The Kier molecular flexibility index (Phi) is 4.99. The van der Waals surface area contributed by atoms with Crippen molar-refractivity contribution in [2.75, 3.05) is 6.61 Å². The first-order valence-corrected chi connectivity index (χ1v) is 7.66. The summed E-state index contributed by atoms with van der Waals surface area (Å²) in [5.41, 5.74) is 0.589. The zero-order chi connectivity index (χ0) is 12.8. The van der Waals surface area contributed by atoms with Crippen molar-refractivity contribution >= 4 is 5.78 Å². The molecule has 2 aliphatic rings. The zero-order valence-corrected chi connectivity index (χ0v) is 11.7. The number of ether oxygens (including phenoxy) is 1. The molecule has 18 heavy (non-hydrogen) atoms. The van der Waals surface area contributed by atoms with Crippen molar-refractivity contribution in [1.82, 2.24) is 0 Å². The summed E-state index contributed by atoms with van der Waals surface area (Å²) in [5.74, 6) is 0.311. The Bertz CT molecular complexity index is 306. The Hall–Kier alpha value is -0.630. The summed E-state index contributed by atoms with van der Waals surface area (Å²) in [6.45, 7) is 2.66. The maximum absolute atomic E-state index is 12.8. The summed E-state index contributed by atoms with van der Waals surface area (Å²) in [5, 5.41) is 0. The summed E-state index contributed by atoms with van der Waals surface area (Å²) < 4.78 is 5.94. The average Bonchev–Trinajstić information content (AvgIpc) is 2.68. The van der Waals surface area contributed by atoms with Crippen LogP contribution in [0, 0.1) is 0 Å². The summed E-state index contributed by atoms with van der Waals surface area (Å²) in [7, 11) is 0. The van der Waals surface area contributed by atoms with E-state index in [4.69, 9.17) is 4.74 Å². The highest BCUT2D eigenvalue weighted by atomic mass is 16.5. The highest BCUT2D eigenvalue weighted by Crippen LogP contribution is 2.36. The molecule has 1 fully saturated rings. The molecule has 1 saturated carbocycles. The molecule has 0 bridgehead atoms. The van der Waals surface area contributed by atoms with Crippen molar-refractivity contribution in [3.8, 4) is 0 Å². The van der Waals surface area contributed by atoms with Gasteiger partial charge in [-0.2, -0.15) is 0 Å². The lowest BCUT2D eigenvalue weighted by Crippen LogP contribution is -2.44. The van der Waals surface area contributed by atoms with Gasteiger partial charge in [0.15, 0.2) is 5.78 Å². The SMILES string of the molecule is CCOC1(C(=O)C2=CCCCCC2)CCCCC1. The Labute approximate surface area is 111 Å². The molecule has 0 aromatic rings. The number of carbonyl (C=O) groups is 1. The first-order chi connectivity index (χ1) is 8.78. The maximum atomic E-state index is 12.8. The lowest BCUT2D eigenvalue weighted by Gasteiger charge is -2.36. The number of ketones is 1. The van der Waals surface area contributed by atoms with E-state index in [1.165, 1.54) is 25.7 Å². The second-order valence-corrected chi connectivity index (χ2v) is 5.65. The molecule has 2 heteroatoms. The van der Waals surface area contributed by atoms with Gasteiger partial charge in [-0.15, -0.1) is 0 Å². The van der Waals surface area contributed by atoms with E-state index < -0.39 is 5.60 Å². The summed E-state index contributed by atoms with van der Waals surface area (Å²) in [6.07, 6.45) is 13.3. The number of hydrogen-bond acceptors (Lipinski definition) is 2. The van der Waals surface area contributed by atoms with Gasteiger partial charge < -0.3 is 4.74 Å². The van der Waals surface area contributed by atoms with Crippen molar-refractivity contribution < 1.29 is 9.53 Å². The van der Waals surface area contributed by atoms with Gasteiger partial charge in [0.2, 0.25) is 0 Å². The number of hydrogen-bond donors (Lipinski definition) is 0. The highest BCUT2D eigenvalue weighted by molar-refractivity contribution is 6.02. The predicted molar refractivity (Wildman–Crippen MR) is 73.6 cm³/mol. The molecule has 2 rings (SSSR count). The van der Waals surface area contributed by atoms with Gasteiger partial charge in [0.1, 0.15) is 5.60 Å². The van der Waals surface area contributed by atoms with Crippen LogP contribution in [0.4, 0.5) is 0 Å². The molecule has 0 unspecified atom stereocenters. The van der Waals surface area contributed by atoms with Crippen molar-refractivity contribution in [1.29, 1.82) is 0 Å². The molecule has 0 heterocycles. The van der Waals surface area contributed by atoms with E-state index in [0.717, 1.165) is 44.1 Å². The molecular weight excluding hydrogens is 224 g/mol. The zero-order valence-electron chi connectivity index (χ0n) is 11.7. The molecule has 0 saturated heterocycles. The molecule has 2 nitrogen and oxygen atoms in total. The van der Waals surface area contributed by atoms with E-state index in [9.17, 15) is 4.79 Å². The summed E-state index contributed by atoms with van der Waals surface area (Å²) >= 11 is 0. The third-order valence-electron chi connectivity index (χ3n) is 4.33. The van der Waals surface area contributed by atoms with E-state index in [2.05, 4.69) is 6.08 Å². The van der Waals surface area contributed by atoms with E-state index in [0.29, 0.717) is 12.4 Å². The van der Waals surface area contributed by atoms with Gasteiger partial charge in [0.05, 0.1) is 0 Å². The fourth-order valence-corrected chi connectivity index (χ4v) is 3.35. The van der Waals surface area contributed by atoms with E-state index >= 15 is 0 Å². The Balaban J connectivity index is 2.13. The lowest BCUT2D eigenvalue weighted by molar-refractivity contribution is -0.145. The van der Waals surface area contributed by atoms with Crippen molar-refractivity contribution in [3.63, 3.8) is 0 Å². The van der Waals surface area contributed by atoms with Crippen LogP contribution in [-0.4, -0.2) is 18.0 Å². The Morgan fingerprint density at radius 3 is 2.61 bits per heavy atom. The van der Waals surface area contributed by atoms with Crippen LogP contribution in [-0.2, 0) is 9.53 Å². The molecule has 0 aromatic heterocycles. The van der Waals surface area contributed by atoms with Crippen molar-refractivity contribution in [3.05, 3.63) is 11.6 Å². The minimum atomic E-state index is -0.469. The van der Waals surface area contributed by atoms with Gasteiger partial charge >= 0.3 is 0 Å². The fourth-order valence-electron chi connectivity index (χ4n) is 3.35. The van der Waals surface area contributed by atoms with E-state index in [1.807, 2.05) is 6.92 Å². The lowest BCUT2D eigenvalue weighted by atomic mass is 9.78. The van der Waals surface area contributed by atoms with Gasteiger partial charge in [0, 0.05) is 6.61 Å². The first-order valence-electron chi connectivity index (χ1n) is 7.66. The maximum Gasteiger partial charge on any atom is 0.190 e. The molecule has 0 N–H and O–H groups in total. The minimum Gasteiger partial charge on any atom is -0.367 e. The average molecular weight is 250 g/mol. The van der Waals surface area contributed by atoms with Crippen LogP contribution in [0.15, 0.2) is 11.6 Å². The molecule has 0 aromatic carbocycles. The molecular formula is C16H26O2. The van der Waals surface area contributed by atoms with Crippen LogP contribution in [0.25, 0.3) is 0 Å². The summed E-state index contributed by atoms with van der Waals surface area (Å²) in [4.78, 5) is 12.8. The number of Topliss-reactive ketones (excluding diaryl/α,β-unsaturated/α-hetero) is 1. The third kappa shape index (κ3) is 3.03.